The zero-order chi connectivity index (χ0) is 13.3. The quantitative estimate of drug-likeness (QED) is 0.814. The molecule has 1 aromatic heterocycles. The molecule has 17 heavy (non-hydrogen) atoms. The summed E-state index contributed by atoms with van der Waals surface area (Å²) in [6.07, 6.45) is 0. The third-order valence-corrected chi connectivity index (χ3v) is 3.22. The highest BCUT2D eigenvalue weighted by Crippen LogP contribution is 2.29. The Balaban J connectivity index is 3.52. The number of carboxylic acid groups (broad SMARTS) is 1. The maximum atomic E-state index is 11.7. The summed E-state index contributed by atoms with van der Waals surface area (Å²) in [6, 6.07) is 0. The van der Waals surface area contributed by atoms with E-state index in [1.165, 1.54) is 7.11 Å². The largest absolute Gasteiger partial charge is 0.481 e. The molecule has 0 aliphatic heterocycles. The molecule has 1 rings (SSSR count). The van der Waals surface area contributed by atoms with Crippen molar-refractivity contribution in [2.24, 2.45) is 7.05 Å². The van der Waals surface area contributed by atoms with E-state index in [1.807, 2.05) is 0 Å². The molecule has 0 aliphatic carbocycles. The van der Waals surface area contributed by atoms with Crippen molar-refractivity contribution in [3.63, 3.8) is 0 Å². The van der Waals surface area contributed by atoms with Crippen LogP contribution in [0.5, 0.6) is 0 Å². The second-order valence-corrected chi connectivity index (χ2v) is 4.07. The van der Waals surface area contributed by atoms with Gasteiger partial charge in [-0.2, -0.15) is 0 Å². The Kier molecular flexibility index (Phi) is 3.60. The number of aromatic nitrogens is 1. The maximum Gasteiger partial charge on any atom is 0.340 e. The van der Waals surface area contributed by atoms with Gasteiger partial charge >= 0.3 is 11.9 Å². The number of ether oxygens (including phenoxy) is 1. The lowest BCUT2D eigenvalue weighted by atomic mass is 9.96. The summed E-state index contributed by atoms with van der Waals surface area (Å²) in [5.74, 6) is -2.18. The van der Waals surface area contributed by atoms with Crippen molar-refractivity contribution in [2.45, 2.75) is 26.7 Å². The number of nitrogens with zero attached hydrogens (tertiary/aromatic N) is 1. The Morgan fingerprint density at radius 2 is 1.82 bits per heavy atom. The van der Waals surface area contributed by atoms with Gasteiger partial charge in [0.05, 0.1) is 18.6 Å². The molecular formula is C12H17NO4. The van der Waals surface area contributed by atoms with Crippen LogP contribution in [0.25, 0.3) is 0 Å². The molecule has 0 spiro atoms. The Morgan fingerprint density at radius 1 is 1.29 bits per heavy atom. The summed E-state index contributed by atoms with van der Waals surface area (Å²) in [5, 5.41) is 9.08. The summed E-state index contributed by atoms with van der Waals surface area (Å²) < 4.78 is 6.52. The van der Waals surface area contributed by atoms with Crippen LogP contribution in [-0.2, 0) is 16.6 Å². The lowest BCUT2D eigenvalue weighted by Gasteiger charge is -2.09. The van der Waals surface area contributed by atoms with Crippen molar-refractivity contribution in [3.05, 3.63) is 22.5 Å². The van der Waals surface area contributed by atoms with E-state index >= 15 is 0 Å². The van der Waals surface area contributed by atoms with Gasteiger partial charge in [-0.25, -0.2) is 4.79 Å². The van der Waals surface area contributed by atoms with E-state index in [2.05, 4.69) is 0 Å². The molecule has 5 nitrogen and oxygen atoms in total. The summed E-state index contributed by atoms with van der Waals surface area (Å²) in [6.45, 7) is 5.14. The van der Waals surface area contributed by atoms with Crippen LogP contribution in [0.1, 0.15) is 40.2 Å². The number of carboxylic acids is 1. The summed E-state index contributed by atoms with van der Waals surface area (Å²) in [7, 11) is 3.09. The van der Waals surface area contributed by atoms with Gasteiger partial charge in [0, 0.05) is 24.0 Å². The molecule has 0 radical (unpaired) electrons. The standard InChI is InChI=1S/C12H17NO4/c1-6(11(14)15)9-7(2)13(4)8(3)10(9)12(16)17-5/h6H,1-5H3,(H,14,15). The van der Waals surface area contributed by atoms with E-state index in [4.69, 9.17) is 9.84 Å². The van der Waals surface area contributed by atoms with Crippen molar-refractivity contribution in [1.29, 1.82) is 0 Å². The molecule has 1 aromatic rings. The average Bonchev–Trinajstić information content (AvgIpc) is 2.51. The van der Waals surface area contributed by atoms with Crippen LogP contribution in [0, 0.1) is 13.8 Å². The fraction of sp³-hybridized carbons (Fsp3) is 0.500. The Labute approximate surface area is 100 Å². The molecule has 0 aliphatic rings. The smallest absolute Gasteiger partial charge is 0.340 e. The van der Waals surface area contributed by atoms with Crippen molar-refractivity contribution in [1.82, 2.24) is 4.57 Å². The molecule has 5 heteroatoms. The molecule has 1 N–H and O–H groups in total. The van der Waals surface area contributed by atoms with Crippen molar-refractivity contribution in [3.8, 4) is 0 Å². The van der Waals surface area contributed by atoms with Crippen molar-refractivity contribution >= 4 is 11.9 Å². The van der Waals surface area contributed by atoms with Crippen LogP contribution in [0.2, 0.25) is 0 Å². The van der Waals surface area contributed by atoms with Crippen LogP contribution in [0.4, 0.5) is 0 Å². The molecule has 1 heterocycles. The number of carbonyl (C=O) groups excluding carboxylic acids is 1. The van der Waals surface area contributed by atoms with Crippen molar-refractivity contribution in [2.75, 3.05) is 7.11 Å². The molecule has 0 saturated carbocycles. The fourth-order valence-corrected chi connectivity index (χ4v) is 1.99. The highest BCUT2D eigenvalue weighted by atomic mass is 16.5. The molecular weight excluding hydrogens is 222 g/mol. The van der Waals surface area contributed by atoms with Gasteiger partial charge in [0.2, 0.25) is 0 Å². The third kappa shape index (κ3) is 2.05. The molecule has 0 fully saturated rings. The SMILES string of the molecule is COC(=O)c1c(C(C)C(=O)O)c(C)n(C)c1C. The van der Waals surface area contributed by atoms with E-state index in [0.717, 1.165) is 11.4 Å². The highest BCUT2D eigenvalue weighted by Gasteiger charge is 2.28. The van der Waals surface area contributed by atoms with Gasteiger partial charge in [-0.05, 0) is 20.8 Å². The number of hydrogen-bond donors (Lipinski definition) is 1. The summed E-state index contributed by atoms with van der Waals surface area (Å²) >= 11 is 0. The minimum atomic E-state index is -0.955. The zero-order valence-electron chi connectivity index (χ0n) is 10.7. The van der Waals surface area contributed by atoms with Crippen LogP contribution < -0.4 is 0 Å². The minimum absolute atomic E-state index is 0.363. The summed E-state index contributed by atoms with van der Waals surface area (Å²) in [5.41, 5.74) is 2.39. The molecule has 1 atom stereocenters. The van der Waals surface area contributed by atoms with Gasteiger partial charge in [0.1, 0.15) is 0 Å². The number of hydrogen-bond acceptors (Lipinski definition) is 3. The fourth-order valence-electron chi connectivity index (χ4n) is 1.99. The van der Waals surface area contributed by atoms with E-state index in [9.17, 15) is 9.59 Å². The molecule has 94 valence electrons. The first-order valence-electron chi connectivity index (χ1n) is 5.29. The van der Waals surface area contributed by atoms with E-state index in [-0.39, 0.29) is 0 Å². The van der Waals surface area contributed by atoms with Crippen LogP contribution in [0.3, 0.4) is 0 Å². The molecule has 0 aromatic carbocycles. The van der Waals surface area contributed by atoms with Gasteiger partial charge in [0.15, 0.2) is 0 Å². The Hall–Kier alpha value is -1.78. The van der Waals surface area contributed by atoms with E-state index in [0.29, 0.717) is 11.1 Å². The number of methoxy groups -OCH3 is 1. The van der Waals surface area contributed by atoms with Crippen LogP contribution >= 0.6 is 0 Å². The molecule has 0 saturated heterocycles. The van der Waals surface area contributed by atoms with Gasteiger partial charge in [-0.1, -0.05) is 0 Å². The lowest BCUT2D eigenvalue weighted by Crippen LogP contribution is -2.13. The number of rotatable bonds is 3. The summed E-state index contributed by atoms with van der Waals surface area (Å²) in [4.78, 5) is 22.8. The van der Waals surface area contributed by atoms with Gasteiger partial charge in [-0.3, -0.25) is 4.79 Å². The molecule has 1 unspecified atom stereocenters. The minimum Gasteiger partial charge on any atom is -0.481 e. The second-order valence-electron chi connectivity index (χ2n) is 4.07. The predicted molar refractivity (Wildman–Crippen MR) is 62.3 cm³/mol. The number of carbonyl (C=O) groups is 2. The number of esters is 1. The monoisotopic (exact) mass is 239 g/mol. The zero-order valence-corrected chi connectivity index (χ0v) is 10.7. The Bertz CT molecular complexity index is 473. The normalized spacial score (nSPS) is 12.3. The third-order valence-electron chi connectivity index (χ3n) is 3.22. The van der Waals surface area contributed by atoms with Crippen LogP contribution in [0.15, 0.2) is 0 Å². The van der Waals surface area contributed by atoms with Gasteiger partial charge in [0.25, 0.3) is 0 Å². The molecule has 0 amide bonds. The maximum absolute atomic E-state index is 11.7. The van der Waals surface area contributed by atoms with Gasteiger partial charge < -0.3 is 14.4 Å². The first-order chi connectivity index (χ1) is 7.82. The predicted octanol–water partition coefficient (Wildman–Crippen LogP) is 1.62. The van der Waals surface area contributed by atoms with Crippen LogP contribution in [-0.4, -0.2) is 28.7 Å². The Morgan fingerprint density at radius 3 is 2.24 bits per heavy atom. The number of aliphatic carboxylic acids is 1. The highest BCUT2D eigenvalue weighted by molar-refractivity contribution is 5.95. The van der Waals surface area contributed by atoms with Crippen molar-refractivity contribution < 1.29 is 19.4 Å². The second kappa shape index (κ2) is 4.61. The first-order valence-corrected chi connectivity index (χ1v) is 5.29. The van der Waals surface area contributed by atoms with E-state index in [1.54, 1.807) is 32.4 Å². The van der Waals surface area contributed by atoms with E-state index < -0.39 is 17.9 Å². The topological polar surface area (TPSA) is 68.5 Å². The lowest BCUT2D eigenvalue weighted by molar-refractivity contribution is -0.138. The average molecular weight is 239 g/mol. The van der Waals surface area contributed by atoms with Gasteiger partial charge in [-0.15, -0.1) is 0 Å². The molecule has 0 bridgehead atoms. The first kappa shape index (κ1) is 13.3.